The van der Waals surface area contributed by atoms with Crippen LogP contribution in [0.25, 0.3) is 0 Å². The number of carbonyl (C=O) groups excluding carboxylic acids is 1. The molecule has 2 amide bonds. The molecule has 0 radical (unpaired) electrons. The lowest BCUT2D eigenvalue weighted by Crippen LogP contribution is -2.32. The van der Waals surface area contributed by atoms with Crippen LogP contribution in [0.4, 0.5) is 10.5 Å². The Hall–Kier alpha value is -2.21. The van der Waals surface area contributed by atoms with Gasteiger partial charge in [0.05, 0.1) is 18.8 Å². The van der Waals surface area contributed by atoms with Crippen LogP contribution >= 0.6 is 15.9 Å². The van der Waals surface area contributed by atoms with Crippen LogP contribution < -0.4 is 20.1 Å². The second-order valence-electron chi connectivity index (χ2n) is 5.12. The lowest BCUT2D eigenvalue weighted by molar-refractivity contribution is 0.247. The molecule has 0 atom stereocenters. The molecule has 0 spiro atoms. The third-order valence-corrected chi connectivity index (χ3v) is 3.82. The monoisotopic (exact) mass is 392 g/mol. The van der Waals surface area contributed by atoms with Gasteiger partial charge in [0.2, 0.25) is 0 Å². The first-order chi connectivity index (χ1) is 11.6. The molecule has 0 heterocycles. The van der Waals surface area contributed by atoms with Gasteiger partial charge in [-0.15, -0.1) is 0 Å². The molecule has 5 nitrogen and oxygen atoms in total. The zero-order chi connectivity index (χ0) is 17.4. The van der Waals surface area contributed by atoms with Crippen LogP contribution in [0.3, 0.4) is 0 Å². The molecule has 0 aliphatic carbocycles. The number of benzene rings is 2. The van der Waals surface area contributed by atoms with E-state index in [9.17, 15) is 4.79 Å². The fraction of sp³-hybridized carbons (Fsp3) is 0.278. The van der Waals surface area contributed by atoms with E-state index in [2.05, 4.69) is 26.6 Å². The topological polar surface area (TPSA) is 59.6 Å². The molecule has 0 unspecified atom stereocenters. The van der Waals surface area contributed by atoms with Gasteiger partial charge in [-0.3, -0.25) is 0 Å². The van der Waals surface area contributed by atoms with Crippen LogP contribution in [-0.2, 0) is 0 Å². The van der Waals surface area contributed by atoms with Crippen molar-refractivity contribution in [3.8, 4) is 11.5 Å². The maximum absolute atomic E-state index is 11.9. The molecule has 0 bridgehead atoms. The van der Waals surface area contributed by atoms with E-state index in [1.54, 1.807) is 0 Å². The number of amides is 2. The van der Waals surface area contributed by atoms with Crippen molar-refractivity contribution in [2.75, 3.05) is 25.1 Å². The molecular formula is C18H21BrN2O3. The Balaban J connectivity index is 1.70. The highest BCUT2D eigenvalue weighted by molar-refractivity contribution is 9.10. The predicted octanol–water partition coefficient (Wildman–Crippen LogP) is 4.36. The van der Waals surface area contributed by atoms with Crippen LogP contribution in [0, 0.1) is 6.92 Å². The van der Waals surface area contributed by atoms with Crippen LogP contribution in [0.2, 0.25) is 0 Å². The first-order valence-corrected chi connectivity index (χ1v) is 8.54. The summed E-state index contributed by atoms with van der Waals surface area (Å²) < 4.78 is 11.8. The molecule has 0 fully saturated rings. The second-order valence-corrected chi connectivity index (χ2v) is 5.97. The minimum Gasteiger partial charge on any atom is -0.494 e. The van der Waals surface area contributed by atoms with Crippen molar-refractivity contribution in [2.45, 2.75) is 13.8 Å². The second kappa shape index (κ2) is 9.17. The van der Waals surface area contributed by atoms with E-state index in [0.29, 0.717) is 19.8 Å². The van der Waals surface area contributed by atoms with E-state index >= 15 is 0 Å². The van der Waals surface area contributed by atoms with E-state index in [0.717, 1.165) is 27.2 Å². The SMILES string of the molecule is CCOc1ccc(OCCNC(=O)Nc2ccc(C)cc2Br)cc1. The number of hydrogen-bond donors (Lipinski definition) is 2. The number of urea groups is 1. The van der Waals surface area contributed by atoms with E-state index in [1.165, 1.54) is 0 Å². The standard InChI is InChI=1S/C18H21BrN2O3/c1-3-23-14-5-7-15(8-6-14)24-11-10-20-18(22)21-17-9-4-13(2)12-16(17)19/h4-9,12H,3,10-11H2,1-2H3,(H2,20,21,22). The normalized spacial score (nSPS) is 10.1. The summed E-state index contributed by atoms with van der Waals surface area (Å²) in [4.78, 5) is 11.9. The Morgan fingerprint density at radius 1 is 1.08 bits per heavy atom. The average Bonchev–Trinajstić information content (AvgIpc) is 2.56. The minimum atomic E-state index is -0.269. The Morgan fingerprint density at radius 2 is 1.75 bits per heavy atom. The van der Waals surface area contributed by atoms with Gasteiger partial charge >= 0.3 is 6.03 Å². The maximum atomic E-state index is 11.9. The number of anilines is 1. The fourth-order valence-corrected chi connectivity index (χ4v) is 2.61. The van der Waals surface area contributed by atoms with E-state index in [-0.39, 0.29) is 6.03 Å². The Bertz CT molecular complexity index is 674. The summed E-state index contributed by atoms with van der Waals surface area (Å²) in [6.07, 6.45) is 0. The van der Waals surface area contributed by atoms with Gasteiger partial charge in [0.1, 0.15) is 18.1 Å². The van der Waals surface area contributed by atoms with Crippen molar-refractivity contribution in [1.82, 2.24) is 5.32 Å². The van der Waals surface area contributed by atoms with Gasteiger partial charge in [0.25, 0.3) is 0 Å². The Kier molecular flexibility index (Phi) is 6.93. The summed E-state index contributed by atoms with van der Waals surface area (Å²) in [5, 5.41) is 5.54. The summed E-state index contributed by atoms with van der Waals surface area (Å²) >= 11 is 3.43. The number of ether oxygens (including phenoxy) is 2. The molecule has 24 heavy (non-hydrogen) atoms. The number of rotatable bonds is 7. The zero-order valence-electron chi connectivity index (χ0n) is 13.8. The van der Waals surface area contributed by atoms with Crippen molar-refractivity contribution < 1.29 is 14.3 Å². The molecule has 0 saturated carbocycles. The van der Waals surface area contributed by atoms with Gasteiger partial charge in [-0.25, -0.2) is 4.79 Å². The summed E-state index contributed by atoms with van der Waals surface area (Å²) in [5.74, 6) is 1.55. The summed E-state index contributed by atoms with van der Waals surface area (Å²) in [5.41, 5.74) is 1.85. The molecule has 0 aliphatic rings. The van der Waals surface area contributed by atoms with Crippen molar-refractivity contribution >= 4 is 27.6 Å². The van der Waals surface area contributed by atoms with E-state index in [1.807, 2.05) is 56.3 Å². The summed E-state index contributed by atoms with van der Waals surface area (Å²) in [6.45, 7) is 5.36. The molecule has 0 saturated heterocycles. The van der Waals surface area contributed by atoms with Crippen molar-refractivity contribution in [3.05, 3.63) is 52.5 Å². The molecule has 2 aromatic rings. The van der Waals surface area contributed by atoms with Gasteiger partial charge in [0.15, 0.2) is 0 Å². The quantitative estimate of drug-likeness (QED) is 0.688. The largest absolute Gasteiger partial charge is 0.494 e. The van der Waals surface area contributed by atoms with Gasteiger partial charge in [-0.1, -0.05) is 6.07 Å². The molecule has 0 aliphatic heterocycles. The molecular weight excluding hydrogens is 372 g/mol. The lowest BCUT2D eigenvalue weighted by atomic mass is 10.2. The number of aryl methyl sites for hydroxylation is 1. The van der Waals surface area contributed by atoms with Crippen molar-refractivity contribution in [1.29, 1.82) is 0 Å². The van der Waals surface area contributed by atoms with Crippen LogP contribution in [0.15, 0.2) is 46.9 Å². The van der Waals surface area contributed by atoms with Crippen molar-refractivity contribution in [3.63, 3.8) is 0 Å². The number of carbonyl (C=O) groups is 1. The maximum Gasteiger partial charge on any atom is 0.319 e. The zero-order valence-corrected chi connectivity index (χ0v) is 15.4. The average molecular weight is 393 g/mol. The Morgan fingerprint density at radius 3 is 2.38 bits per heavy atom. The molecule has 2 N–H and O–H groups in total. The minimum absolute atomic E-state index is 0.269. The highest BCUT2D eigenvalue weighted by atomic mass is 79.9. The summed E-state index contributed by atoms with van der Waals surface area (Å²) in [6, 6.07) is 12.9. The number of hydrogen-bond acceptors (Lipinski definition) is 3. The predicted molar refractivity (Wildman–Crippen MR) is 99.0 cm³/mol. The fourth-order valence-electron chi connectivity index (χ4n) is 2.02. The van der Waals surface area contributed by atoms with E-state index in [4.69, 9.17) is 9.47 Å². The van der Waals surface area contributed by atoms with Crippen LogP contribution in [0.1, 0.15) is 12.5 Å². The highest BCUT2D eigenvalue weighted by Crippen LogP contribution is 2.23. The van der Waals surface area contributed by atoms with Gasteiger partial charge in [-0.2, -0.15) is 0 Å². The van der Waals surface area contributed by atoms with Gasteiger partial charge in [-0.05, 0) is 71.7 Å². The molecule has 2 rings (SSSR count). The van der Waals surface area contributed by atoms with Crippen LogP contribution in [-0.4, -0.2) is 25.8 Å². The molecule has 2 aromatic carbocycles. The van der Waals surface area contributed by atoms with Gasteiger partial charge in [0, 0.05) is 4.47 Å². The third kappa shape index (κ3) is 5.77. The third-order valence-electron chi connectivity index (χ3n) is 3.16. The van der Waals surface area contributed by atoms with E-state index < -0.39 is 0 Å². The number of nitrogens with one attached hydrogen (secondary N) is 2. The highest BCUT2D eigenvalue weighted by Gasteiger charge is 2.05. The summed E-state index contributed by atoms with van der Waals surface area (Å²) in [7, 11) is 0. The number of halogens is 1. The Labute approximate surface area is 150 Å². The first-order valence-electron chi connectivity index (χ1n) is 7.75. The van der Waals surface area contributed by atoms with Gasteiger partial charge < -0.3 is 20.1 Å². The molecule has 0 aromatic heterocycles. The molecule has 128 valence electrons. The lowest BCUT2D eigenvalue weighted by Gasteiger charge is -2.11. The first kappa shape index (κ1) is 18.1. The smallest absolute Gasteiger partial charge is 0.319 e. The van der Waals surface area contributed by atoms with Crippen molar-refractivity contribution in [2.24, 2.45) is 0 Å². The van der Waals surface area contributed by atoms with Crippen LogP contribution in [0.5, 0.6) is 11.5 Å². The molecule has 6 heteroatoms.